The summed E-state index contributed by atoms with van der Waals surface area (Å²) in [6.07, 6.45) is 0. The van der Waals surface area contributed by atoms with Gasteiger partial charge in [-0.05, 0) is 30.7 Å². The summed E-state index contributed by atoms with van der Waals surface area (Å²) in [5.41, 5.74) is 0.929. The van der Waals surface area contributed by atoms with Crippen LogP contribution in [0.3, 0.4) is 0 Å². The molecule has 0 bridgehead atoms. The van der Waals surface area contributed by atoms with Crippen molar-refractivity contribution < 1.29 is 13.2 Å². The fourth-order valence-electron chi connectivity index (χ4n) is 2.01. The second-order valence-electron chi connectivity index (χ2n) is 5.10. The lowest BCUT2D eigenvalue weighted by molar-refractivity contribution is -0.120. The standard InChI is InChI=1S/C16H16Cl2N2O3S/c1-11(12-5-3-2-4-6-12)20-16(21)10-19-24(22,23)13-7-8-14(17)15(18)9-13/h2-9,11,19H,10H2,1H3,(H,20,21). The van der Waals surface area contributed by atoms with E-state index < -0.39 is 15.9 Å². The van der Waals surface area contributed by atoms with Crippen molar-refractivity contribution in [3.63, 3.8) is 0 Å². The molecule has 2 aromatic rings. The summed E-state index contributed by atoms with van der Waals surface area (Å²) in [5.74, 6) is -0.435. The summed E-state index contributed by atoms with van der Waals surface area (Å²) in [6.45, 7) is 1.44. The normalized spacial score (nSPS) is 12.6. The van der Waals surface area contributed by atoms with E-state index in [1.54, 1.807) is 0 Å². The van der Waals surface area contributed by atoms with Gasteiger partial charge in [0.15, 0.2) is 0 Å². The number of amides is 1. The zero-order chi connectivity index (χ0) is 17.7. The minimum absolute atomic E-state index is 0.0548. The van der Waals surface area contributed by atoms with E-state index in [0.717, 1.165) is 5.56 Å². The average molecular weight is 387 g/mol. The van der Waals surface area contributed by atoms with Crippen molar-refractivity contribution in [2.75, 3.05) is 6.54 Å². The molecule has 2 rings (SSSR count). The van der Waals surface area contributed by atoms with Crippen molar-refractivity contribution in [2.24, 2.45) is 0 Å². The Morgan fingerprint density at radius 3 is 2.38 bits per heavy atom. The fraction of sp³-hybridized carbons (Fsp3) is 0.188. The van der Waals surface area contributed by atoms with Crippen molar-refractivity contribution in [3.8, 4) is 0 Å². The van der Waals surface area contributed by atoms with E-state index in [4.69, 9.17) is 23.2 Å². The number of halogens is 2. The molecule has 0 fully saturated rings. The van der Waals surface area contributed by atoms with Gasteiger partial charge in [0, 0.05) is 0 Å². The maximum atomic E-state index is 12.2. The molecule has 0 saturated heterocycles. The smallest absolute Gasteiger partial charge is 0.241 e. The van der Waals surface area contributed by atoms with Crippen LogP contribution in [0, 0.1) is 0 Å². The third-order valence-corrected chi connectivity index (χ3v) is 5.44. The first-order chi connectivity index (χ1) is 11.3. The minimum Gasteiger partial charge on any atom is -0.348 e. The number of carbonyl (C=O) groups excluding carboxylic acids is 1. The molecule has 0 spiro atoms. The van der Waals surface area contributed by atoms with E-state index in [1.807, 2.05) is 37.3 Å². The van der Waals surface area contributed by atoms with E-state index in [0.29, 0.717) is 0 Å². The van der Waals surface area contributed by atoms with E-state index in [-0.39, 0.29) is 27.5 Å². The van der Waals surface area contributed by atoms with Gasteiger partial charge in [0.25, 0.3) is 0 Å². The monoisotopic (exact) mass is 386 g/mol. The summed E-state index contributed by atoms with van der Waals surface area (Å²) < 4.78 is 26.6. The largest absolute Gasteiger partial charge is 0.348 e. The molecule has 128 valence electrons. The van der Waals surface area contributed by atoms with E-state index in [9.17, 15) is 13.2 Å². The van der Waals surface area contributed by atoms with Crippen LogP contribution >= 0.6 is 23.2 Å². The molecule has 0 aliphatic carbocycles. The molecule has 24 heavy (non-hydrogen) atoms. The SMILES string of the molecule is CC(NC(=O)CNS(=O)(=O)c1ccc(Cl)c(Cl)c1)c1ccccc1. The third-order valence-electron chi connectivity index (χ3n) is 3.30. The van der Waals surface area contributed by atoms with Crippen molar-refractivity contribution in [2.45, 2.75) is 17.9 Å². The molecule has 2 N–H and O–H groups in total. The Balaban J connectivity index is 1.96. The second-order valence-corrected chi connectivity index (χ2v) is 7.68. The lowest BCUT2D eigenvalue weighted by atomic mass is 10.1. The van der Waals surface area contributed by atoms with Crippen LogP contribution in [0.4, 0.5) is 0 Å². The highest BCUT2D eigenvalue weighted by molar-refractivity contribution is 7.89. The van der Waals surface area contributed by atoms with Crippen LogP contribution in [-0.2, 0) is 14.8 Å². The van der Waals surface area contributed by atoms with Gasteiger partial charge in [0.1, 0.15) is 0 Å². The Morgan fingerprint density at radius 1 is 1.08 bits per heavy atom. The van der Waals surface area contributed by atoms with Crippen molar-refractivity contribution in [1.29, 1.82) is 0 Å². The van der Waals surface area contributed by atoms with Gasteiger partial charge in [-0.25, -0.2) is 13.1 Å². The molecule has 0 aliphatic heterocycles. The molecule has 1 amide bonds. The number of sulfonamides is 1. The van der Waals surface area contributed by atoms with E-state index in [2.05, 4.69) is 10.0 Å². The number of benzene rings is 2. The zero-order valence-electron chi connectivity index (χ0n) is 12.8. The maximum Gasteiger partial charge on any atom is 0.241 e. The quantitative estimate of drug-likeness (QED) is 0.800. The lowest BCUT2D eigenvalue weighted by Crippen LogP contribution is -2.38. The molecule has 8 heteroatoms. The number of hydrogen-bond donors (Lipinski definition) is 2. The van der Waals surface area contributed by atoms with Crippen molar-refractivity contribution >= 4 is 39.1 Å². The summed E-state index contributed by atoms with van der Waals surface area (Å²) in [4.78, 5) is 11.9. The highest BCUT2D eigenvalue weighted by atomic mass is 35.5. The van der Waals surface area contributed by atoms with Crippen molar-refractivity contribution in [3.05, 3.63) is 64.1 Å². The first kappa shape index (κ1) is 18.7. The Labute approximate surface area is 151 Å². The Morgan fingerprint density at radius 2 is 1.75 bits per heavy atom. The minimum atomic E-state index is -3.85. The van der Waals surface area contributed by atoms with Gasteiger partial charge in [-0.2, -0.15) is 0 Å². The molecule has 0 aromatic heterocycles. The molecule has 0 aliphatic rings. The Bertz CT molecular complexity index is 826. The summed E-state index contributed by atoms with van der Waals surface area (Å²) in [6, 6.07) is 13.1. The van der Waals surface area contributed by atoms with Crippen LogP contribution in [0.15, 0.2) is 53.4 Å². The average Bonchev–Trinajstić information content (AvgIpc) is 2.56. The second kappa shape index (κ2) is 7.98. The first-order valence-corrected chi connectivity index (χ1v) is 9.32. The van der Waals surface area contributed by atoms with Crippen LogP contribution in [0.25, 0.3) is 0 Å². The molecule has 0 radical (unpaired) electrons. The van der Waals surface area contributed by atoms with E-state index in [1.165, 1.54) is 18.2 Å². The molecule has 2 aromatic carbocycles. The highest BCUT2D eigenvalue weighted by Gasteiger charge is 2.17. The van der Waals surface area contributed by atoms with Gasteiger partial charge in [-0.15, -0.1) is 0 Å². The van der Waals surface area contributed by atoms with Gasteiger partial charge in [0.05, 0.1) is 27.5 Å². The summed E-state index contributed by atoms with van der Waals surface area (Å²) in [7, 11) is -3.85. The maximum absolute atomic E-state index is 12.2. The van der Waals surface area contributed by atoms with Gasteiger partial charge in [-0.3, -0.25) is 4.79 Å². The van der Waals surface area contributed by atoms with Gasteiger partial charge in [-0.1, -0.05) is 53.5 Å². The summed E-state index contributed by atoms with van der Waals surface area (Å²) >= 11 is 11.6. The van der Waals surface area contributed by atoms with Gasteiger partial charge >= 0.3 is 0 Å². The zero-order valence-corrected chi connectivity index (χ0v) is 15.1. The van der Waals surface area contributed by atoms with Crippen LogP contribution < -0.4 is 10.0 Å². The Hall–Kier alpha value is -1.60. The molecule has 0 saturated carbocycles. The molecule has 1 atom stereocenters. The lowest BCUT2D eigenvalue weighted by Gasteiger charge is -2.14. The number of rotatable bonds is 6. The third kappa shape index (κ3) is 4.95. The topological polar surface area (TPSA) is 75.3 Å². The van der Waals surface area contributed by atoms with Crippen LogP contribution in [0.5, 0.6) is 0 Å². The van der Waals surface area contributed by atoms with Gasteiger partial charge < -0.3 is 5.32 Å². The van der Waals surface area contributed by atoms with Crippen LogP contribution in [0.2, 0.25) is 10.0 Å². The number of carbonyl (C=O) groups is 1. The van der Waals surface area contributed by atoms with Crippen LogP contribution in [0.1, 0.15) is 18.5 Å². The van der Waals surface area contributed by atoms with Crippen molar-refractivity contribution in [1.82, 2.24) is 10.0 Å². The predicted octanol–water partition coefficient (Wildman–Crippen LogP) is 3.15. The Kier molecular flexibility index (Phi) is 6.23. The van der Waals surface area contributed by atoms with E-state index >= 15 is 0 Å². The molecular formula is C16H16Cl2N2O3S. The molecule has 0 heterocycles. The summed E-state index contributed by atoms with van der Waals surface area (Å²) in [5, 5.41) is 3.11. The number of hydrogen-bond acceptors (Lipinski definition) is 3. The first-order valence-electron chi connectivity index (χ1n) is 7.08. The molecular weight excluding hydrogens is 371 g/mol. The fourth-order valence-corrected chi connectivity index (χ4v) is 3.38. The molecule has 5 nitrogen and oxygen atoms in total. The number of nitrogens with one attached hydrogen (secondary N) is 2. The predicted molar refractivity (Wildman–Crippen MR) is 94.7 cm³/mol. The van der Waals surface area contributed by atoms with Crippen LogP contribution in [-0.4, -0.2) is 20.9 Å². The molecule has 1 unspecified atom stereocenters. The van der Waals surface area contributed by atoms with Gasteiger partial charge in [0.2, 0.25) is 15.9 Å². The highest BCUT2D eigenvalue weighted by Crippen LogP contribution is 2.24.